The van der Waals surface area contributed by atoms with E-state index >= 15 is 0 Å². The largest absolute Gasteiger partial charge is 0.508 e. The lowest BCUT2D eigenvalue weighted by Gasteiger charge is -1.96. The van der Waals surface area contributed by atoms with Gasteiger partial charge in [0.1, 0.15) is 11.5 Å². The van der Waals surface area contributed by atoms with Gasteiger partial charge in [0, 0.05) is 5.57 Å². The van der Waals surface area contributed by atoms with Crippen molar-refractivity contribution in [1.29, 1.82) is 0 Å². The summed E-state index contributed by atoms with van der Waals surface area (Å²) in [6.07, 6.45) is 10.9. The van der Waals surface area contributed by atoms with Crippen LogP contribution in [-0.4, -0.2) is 10.2 Å². The van der Waals surface area contributed by atoms with Crippen LogP contribution in [0.3, 0.4) is 0 Å². The molecule has 0 saturated carbocycles. The van der Waals surface area contributed by atoms with E-state index in [4.69, 9.17) is 5.11 Å². The minimum Gasteiger partial charge on any atom is -0.508 e. The Labute approximate surface area is 94.2 Å². The first kappa shape index (κ1) is 10.3. The summed E-state index contributed by atoms with van der Waals surface area (Å²) in [6, 6.07) is 6.78. The van der Waals surface area contributed by atoms with Crippen LogP contribution in [0.5, 0.6) is 5.75 Å². The molecule has 1 aliphatic carbocycles. The van der Waals surface area contributed by atoms with Crippen molar-refractivity contribution in [2.45, 2.75) is 0 Å². The molecule has 1 aromatic carbocycles. The van der Waals surface area contributed by atoms with Crippen molar-refractivity contribution in [1.82, 2.24) is 0 Å². The fourth-order valence-electron chi connectivity index (χ4n) is 1.40. The van der Waals surface area contributed by atoms with Gasteiger partial charge in [0.2, 0.25) is 0 Å². The van der Waals surface area contributed by atoms with Crippen molar-refractivity contribution in [3.63, 3.8) is 0 Å². The van der Waals surface area contributed by atoms with Gasteiger partial charge in [-0.25, -0.2) is 0 Å². The van der Waals surface area contributed by atoms with E-state index < -0.39 is 0 Å². The van der Waals surface area contributed by atoms with E-state index in [1.165, 1.54) is 0 Å². The number of aliphatic hydroxyl groups excluding tert-OH is 1. The molecule has 80 valence electrons. The smallest absolute Gasteiger partial charge is 0.122 e. The van der Waals surface area contributed by atoms with Gasteiger partial charge in [-0.2, -0.15) is 0 Å². The van der Waals surface area contributed by atoms with Gasteiger partial charge < -0.3 is 10.2 Å². The van der Waals surface area contributed by atoms with E-state index in [2.05, 4.69) is 0 Å². The normalized spacial score (nSPS) is 13.9. The van der Waals surface area contributed by atoms with Crippen molar-refractivity contribution >= 4 is 6.08 Å². The van der Waals surface area contributed by atoms with Gasteiger partial charge in [-0.15, -0.1) is 0 Å². The molecule has 0 heterocycles. The lowest BCUT2D eigenvalue weighted by Crippen LogP contribution is -1.79. The third-order valence-corrected chi connectivity index (χ3v) is 2.29. The highest BCUT2D eigenvalue weighted by Gasteiger charge is 1.98. The van der Waals surface area contributed by atoms with Gasteiger partial charge in [0.15, 0.2) is 0 Å². The number of phenolic OH excluding ortho intramolecular Hbond substituents is 1. The highest BCUT2D eigenvalue weighted by Crippen LogP contribution is 2.15. The summed E-state index contributed by atoms with van der Waals surface area (Å²) < 4.78 is 0. The summed E-state index contributed by atoms with van der Waals surface area (Å²) in [4.78, 5) is 0. The van der Waals surface area contributed by atoms with E-state index in [-0.39, 0.29) is 11.5 Å². The van der Waals surface area contributed by atoms with Crippen LogP contribution in [-0.2, 0) is 0 Å². The molecule has 0 aromatic heterocycles. The molecular formula is C14H12O2. The molecule has 2 rings (SSSR count). The summed E-state index contributed by atoms with van der Waals surface area (Å²) in [5.74, 6) is 0.472. The van der Waals surface area contributed by atoms with Crippen molar-refractivity contribution in [2.75, 3.05) is 0 Å². The van der Waals surface area contributed by atoms with Gasteiger partial charge in [0.05, 0.1) is 0 Å². The van der Waals surface area contributed by atoms with Crippen molar-refractivity contribution in [3.05, 3.63) is 71.5 Å². The van der Waals surface area contributed by atoms with Crippen LogP contribution in [0.1, 0.15) is 5.56 Å². The Hall–Kier alpha value is -2.22. The number of benzene rings is 1. The first-order chi connectivity index (χ1) is 7.75. The van der Waals surface area contributed by atoms with Gasteiger partial charge in [0.25, 0.3) is 0 Å². The fourth-order valence-corrected chi connectivity index (χ4v) is 1.40. The number of rotatable bonds is 2. The van der Waals surface area contributed by atoms with Crippen LogP contribution in [0, 0.1) is 0 Å². The molecule has 0 aliphatic heterocycles. The van der Waals surface area contributed by atoms with Crippen LogP contribution in [0.25, 0.3) is 6.08 Å². The van der Waals surface area contributed by atoms with Crippen molar-refractivity contribution < 1.29 is 10.2 Å². The van der Waals surface area contributed by atoms with Crippen LogP contribution >= 0.6 is 0 Å². The Kier molecular flexibility index (Phi) is 2.92. The molecule has 0 saturated heterocycles. The van der Waals surface area contributed by atoms with E-state index in [1.807, 2.05) is 24.3 Å². The minimum atomic E-state index is 0.234. The molecule has 1 aromatic rings. The topological polar surface area (TPSA) is 40.5 Å². The fraction of sp³-hybridized carbons (Fsp3) is 0. The second kappa shape index (κ2) is 4.53. The Morgan fingerprint density at radius 2 is 1.62 bits per heavy atom. The van der Waals surface area contributed by atoms with Crippen molar-refractivity contribution in [3.8, 4) is 5.75 Å². The van der Waals surface area contributed by atoms with E-state index in [9.17, 15) is 5.11 Å². The predicted molar refractivity (Wildman–Crippen MR) is 65.1 cm³/mol. The lowest BCUT2D eigenvalue weighted by molar-refractivity contribution is 0.430. The number of aromatic hydroxyl groups is 1. The average molecular weight is 212 g/mol. The van der Waals surface area contributed by atoms with Gasteiger partial charge >= 0.3 is 0 Å². The van der Waals surface area contributed by atoms with Crippen LogP contribution in [0.2, 0.25) is 0 Å². The highest BCUT2D eigenvalue weighted by atomic mass is 16.3. The molecule has 0 spiro atoms. The predicted octanol–water partition coefficient (Wildman–Crippen LogP) is 3.34. The summed E-state index contributed by atoms with van der Waals surface area (Å²) >= 11 is 0. The minimum absolute atomic E-state index is 0.234. The maximum atomic E-state index is 9.71. The Bertz CT molecular complexity index is 474. The molecule has 1 aliphatic rings. The number of hydrogen-bond donors (Lipinski definition) is 2. The third-order valence-electron chi connectivity index (χ3n) is 2.29. The molecule has 0 atom stereocenters. The molecule has 0 bridgehead atoms. The number of phenols is 1. The molecule has 0 radical (unpaired) electrons. The van der Waals surface area contributed by atoms with Gasteiger partial charge in [-0.1, -0.05) is 42.5 Å². The third kappa shape index (κ3) is 2.42. The zero-order chi connectivity index (χ0) is 11.4. The quantitative estimate of drug-likeness (QED) is 0.738. The highest BCUT2D eigenvalue weighted by molar-refractivity contribution is 5.55. The number of aliphatic hydroxyl groups is 1. The summed E-state index contributed by atoms with van der Waals surface area (Å²) in [5, 5.41) is 18.8. The standard InChI is InChI=1S/C14H12O2/c15-13-8-5-11(6-9-13)7-10-14(16)12-3-1-2-4-12/h1-10,15-16H. The Balaban J connectivity index is 2.15. The van der Waals surface area contributed by atoms with Crippen LogP contribution in [0.15, 0.2) is 66.0 Å². The summed E-state index contributed by atoms with van der Waals surface area (Å²) in [6.45, 7) is 0. The molecular weight excluding hydrogens is 200 g/mol. The van der Waals surface area contributed by atoms with Crippen molar-refractivity contribution in [2.24, 2.45) is 0 Å². The molecule has 0 amide bonds. The molecule has 2 nitrogen and oxygen atoms in total. The molecule has 2 N–H and O–H groups in total. The van der Waals surface area contributed by atoms with Crippen LogP contribution < -0.4 is 0 Å². The zero-order valence-electron chi connectivity index (χ0n) is 8.67. The lowest BCUT2D eigenvalue weighted by atomic mass is 10.1. The second-order valence-electron chi connectivity index (χ2n) is 3.48. The SMILES string of the molecule is OC(C=Cc1ccc(O)cc1)=C1C=CC=C1. The average Bonchev–Trinajstić information content (AvgIpc) is 2.81. The van der Waals surface area contributed by atoms with Gasteiger partial charge in [-0.05, 0) is 23.8 Å². The van der Waals surface area contributed by atoms with E-state index in [1.54, 1.807) is 36.4 Å². The first-order valence-corrected chi connectivity index (χ1v) is 5.01. The number of allylic oxidation sites excluding steroid dienone is 6. The monoisotopic (exact) mass is 212 g/mol. The van der Waals surface area contributed by atoms with E-state index in [0.29, 0.717) is 0 Å². The van der Waals surface area contributed by atoms with Gasteiger partial charge in [-0.3, -0.25) is 0 Å². The maximum absolute atomic E-state index is 9.71. The summed E-state index contributed by atoms with van der Waals surface area (Å²) in [7, 11) is 0. The maximum Gasteiger partial charge on any atom is 0.122 e. The molecule has 16 heavy (non-hydrogen) atoms. The molecule has 0 unspecified atom stereocenters. The molecule has 2 heteroatoms. The summed E-state index contributed by atoms with van der Waals surface area (Å²) in [5.41, 5.74) is 1.73. The number of hydrogen-bond acceptors (Lipinski definition) is 2. The Morgan fingerprint density at radius 3 is 2.25 bits per heavy atom. The Morgan fingerprint density at radius 1 is 1.00 bits per heavy atom. The molecule has 0 fully saturated rings. The van der Waals surface area contributed by atoms with E-state index in [0.717, 1.165) is 11.1 Å². The zero-order valence-corrected chi connectivity index (χ0v) is 8.67. The first-order valence-electron chi connectivity index (χ1n) is 5.01. The van der Waals surface area contributed by atoms with Crippen LogP contribution in [0.4, 0.5) is 0 Å². The second-order valence-corrected chi connectivity index (χ2v) is 3.48.